The Morgan fingerprint density at radius 3 is 2.48 bits per heavy atom. The first kappa shape index (κ1) is 26.7. The Morgan fingerprint density at radius 1 is 1.23 bits per heavy atom. The highest BCUT2D eigenvalue weighted by atomic mass is 32.2. The summed E-state index contributed by atoms with van der Waals surface area (Å²) in [6, 6.07) is -1.16. The molecular weight excluding hydrogens is 437 g/mol. The van der Waals surface area contributed by atoms with Crippen molar-refractivity contribution in [2.75, 3.05) is 12.3 Å². The Kier molecular flexibility index (Phi) is 9.90. The summed E-state index contributed by atoms with van der Waals surface area (Å²) in [7, 11) is 0. The summed E-state index contributed by atoms with van der Waals surface area (Å²) >= 11 is 0.310. The number of amides is 1. The molecule has 7 nitrogen and oxygen atoms in total. The number of carbonyl (C=O) groups is 1. The Hall–Kier alpha value is -0.590. The summed E-state index contributed by atoms with van der Waals surface area (Å²) in [5.74, 6) is -1.34. The monoisotopic (exact) mass is 472 g/mol. The summed E-state index contributed by atoms with van der Waals surface area (Å²) < 4.78 is 43.5. The lowest BCUT2D eigenvalue weighted by Crippen LogP contribution is -2.65. The Morgan fingerprint density at radius 2 is 1.90 bits per heavy atom. The van der Waals surface area contributed by atoms with E-state index in [-0.39, 0.29) is 11.8 Å². The number of hydrogen-bond donors (Lipinski definition) is 5. The van der Waals surface area contributed by atoms with Gasteiger partial charge in [-0.1, -0.05) is 33.6 Å². The first-order valence-corrected chi connectivity index (χ1v) is 11.9. The molecule has 0 radical (unpaired) electrons. The van der Waals surface area contributed by atoms with Crippen molar-refractivity contribution in [3.8, 4) is 0 Å². The van der Waals surface area contributed by atoms with Gasteiger partial charge in [0.1, 0.15) is 29.9 Å². The third-order valence-electron chi connectivity index (χ3n) is 5.92. The highest BCUT2D eigenvalue weighted by Gasteiger charge is 2.49. The summed E-state index contributed by atoms with van der Waals surface area (Å²) in [5.41, 5.74) is -1.38. The molecule has 0 aromatic carbocycles. The Balaban J connectivity index is 2.09. The normalized spacial score (nSPS) is 35.7. The number of thioether (sulfide) groups is 1. The minimum absolute atomic E-state index is 0.241. The molecule has 0 aliphatic carbocycles. The fourth-order valence-corrected chi connectivity index (χ4v) is 5.16. The minimum Gasteiger partial charge on any atom is -0.388 e. The lowest BCUT2D eigenvalue weighted by molar-refractivity contribution is -0.208. The average Bonchev–Trinajstić information content (AvgIpc) is 2.69. The Bertz CT molecular complexity index is 582. The van der Waals surface area contributed by atoms with Crippen LogP contribution in [0.4, 0.5) is 13.2 Å². The van der Waals surface area contributed by atoms with E-state index in [1.165, 1.54) is 0 Å². The molecular formula is C20H35F3N2O5S. The van der Waals surface area contributed by atoms with Crippen LogP contribution in [0.15, 0.2) is 0 Å². The highest BCUT2D eigenvalue weighted by molar-refractivity contribution is 7.99. The lowest BCUT2D eigenvalue weighted by Gasteiger charge is -2.45. The van der Waals surface area contributed by atoms with Crippen molar-refractivity contribution < 1.29 is 38.0 Å². The van der Waals surface area contributed by atoms with Crippen molar-refractivity contribution in [3.63, 3.8) is 0 Å². The van der Waals surface area contributed by atoms with Gasteiger partial charge in [0.2, 0.25) is 5.91 Å². The number of ether oxygens (including phenoxy) is 1. The van der Waals surface area contributed by atoms with E-state index in [2.05, 4.69) is 17.6 Å². The summed E-state index contributed by atoms with van der Waals surface area (Å²) in [4.78, 5) is 12.9. The lowest BCUT2D eigenvalue weighted by atomic mass is 9.86. The fourth-order valence-electron chi connectivity index (χ4n) is 4.24. The second kappa shape index (κ2) is 11.5. The maximum Gasteiger partial charge on any atom is 0.397 e. The van der Waals surface area contributed by atoms with E-state index in [1.54, 1.807) is 13.8 Å². The summed E-state index contributed by atoms with van der Waals surface area (Å²) in [6.07, 6.45) is -6.82. The van der Waals surface area contributed by atoms with Gasteiger partial charge < -0.3 is 30.7 Å². The molecule has 2 aliphatic heterocycles. The molecule has 2 fully saturated rings. The summed E-state index contributed by atoms with van der Waals surface area (Å²) in [5, 5.41) is 36.8. The molecule has 11 heteroatoms. The third kappa shape index (κ3) is 7.46. The van der Waals surface area contributed by atoms with Crippen LogP contribution in [0.25, 0.3) is 0 Å². The van der Waals surface area contributed by atoms with Crippen LogP contribution in [0.5, 0.6) is 0 Å². The molecule has 0 bridgehead atoms. The predicted molar refractivity (Wildman–Crippen MR) is 111 cm³/mol. The zero-order valence-corrected chi connectivity index (χ0v) is 19.0. The van der Waals surface area contributed by atoms with Gasteiger partial charge in [0.15, 0.2) is 0 Å². The van der Waals surface area contributed by atoms with Crippen molar-refractivity contribution in [1.82, 2.24) is 10.6 Å². The first-order chi connectivity index (χ1) is 14.4. The van der Waals surface area contributed by atoms with Crippen LogP contribution >= 0.6 is 11.8 Å². The van der Waals surface area contributed by atoms with Crippen molar-refractivity contribution in [2.24, 2.45) is 11.8 Å². The predicted octanol–water partition coefficient (Wildman–Crippen LogP) is 1.40. The van der Waals surface area contributed by atoms with E-state index < -0.39 is 53.9 Å². The number of aliphatic hydroxyl groups excluding tert-OH is 3. The minimum atomic E-state index is -4.47. The van der Waals surface area contributed by atoms with Crippen LogP contribution in [0.3, 0.4) is 0 Å². The van der Waals surface area contributed by atoms with Gasteiger partial charge in [-0.2, -0.15) is 13.2 Å². The highest BCUT2D eigenvalue weighted by Crippen LogP contribution is 2.34. The van der Waals surface area contributed by atoms with Crippen LogP contribution in [-0.2, 0) is 9.53 Å². The van der Waals surface area contributed by atoms with Gasteiger partial charge in [-0.25, -0.2) is 0 Å². The van der Waals surface area contributed by atoms with Crippen LogP contribution in [0.1, 0.15) is 46.5 Å². The Labute approximate surface area is 185 Å². The molecule has 2 heterocycles. The van der Waals surface area contributed by atoms with Crippen molar-refractivity contribution in [2.45, 2.75) is 94.6 Å². The van der Waals surface area contributed by atoms with E-state index >= 15 is 0 Å². The van der Waals surface area contributed by atoms with Crippen molar-refractivity contribution >= 4 is 17.7 Å². The van der Waals surface area contributed by atoms with Gasteiger partial charge in [-0.3, -0.25) is 4.79 Å². The molecule has 5 N–H and O–H groups in total. The molecule has 0 aromatic rings. The second-order valence-electron chi connectivity index (χ2n) is 8.83. The molecule has 1 amide bonds. The molecule has 0 spiro atoms. The van der Waals surface area contributed by atoms with Crippen LogP contribution in [0, 0.1) is 11.8 Å². The van der Waals surface area contributed by atoms with Crippen LogP contribution < -0.4 is 10.6 Å². The number of hydrogen-bond acceptors (Lipinski definition) is 7. The number of aliphatic hydroxyl groups is 3. The van der Waals surface area contributed by atoms with Crippen molar-refractivity contribution in [3.05, 3.63) is 0 Å². The molecule has 31 heavy (non-hydrogen) atoms. The molecule has 182 valence electrons. The average molecular weight is 473 g/mol. The first-order valence-electron chi connectivity index (χ1n) is 10.9. The molecule has 8 unspecified atom stereocenters. The van der Waals surface area contributed by atoms with Gasteiger partial charge in [0.05, 0.1) is 17.8 Å². The fraction of sp³-hybridized carbons (Fsp3) is 0.950. The van der Waals surface area contributed by atoms with E-state index in [9.17, 15) is 33.3 Å². The standard InChI is InChI=1S/C20H35F3N2O5S/c1-4-5-11-6-7-24-12(8-11)18(29)25-13(10(2)3)17-15(27)14(26)16(28)19(30-17)31-9-20(21,22)23/h10-17,19,24,26-28H,4-9H2,1-3H3,(H,25,29). The quantitative estimate of drug-likeness (QED) is 0.363. The van der Waals surface area contributed by atoms with Crippen molar-refractivity contribution in [1.29, 1.82) is 0 Å². The SMILES string of the molecule is CCCC1CCNC(C(=O)NC(C(C)C)C2OC(SCC(F)(F)F)C(O)C(O)C2O)C1. The number of piperidine rings is 1. The van der Waals surface area contributed by atoms with Gasteiger partial charge in [0.25, 0.3) is 0 Å². The number of carbonyl (C=O) groups excluding carboxylic acids is 1. The smallest absolute Gasteiger partial charge is 0.388 e. The zero-order valence-electron chi connectivity index (χ0n) is 18.1. The van der Waals surface area contributed by atoms with E-state index in [1.807, 2.05) is 0 Å². The molecule has 2 rings (SSSR count). The largest absolute Gasteiger partial charge is 0.397 e. The topological polar surface area (TPSA) is 111 Å². The molecule has 0 saturated carbocycles. The van der Waals surface area contributed by atoms with Crippen LogP contribution in [0.2, 0.25) is 0 Å². The van der Waals surface area contributed by atoms with Gasteiger partial charge in [-0.05, 0) is 31.2 Å². The second-order valence-corrected chi connectivity index (χ2v) is 9.92. The molecule has 8 atom stereocenters. The zero-order chi connectivity index (χ0) is 23.3. The molecule has 0 aromatic heterocycles. The van der Waals surface area contributed by atoms with E-state index in [0.717, 1.165) is 25.8 Å². The van der Waals surface area contributed by atoms with E-state index in [0.29, 0.717) is 24.1 Å². The number of alkyl halides is 3. The van der Waals surface area contributed by atoms with Gasteiger partial charge >= 0.3 is 6.18 Å². The number of nitrogens with one attached hydrogen (secondary N) is 2. The molecule has 2 aliphatic rings. The third-order valence-corrected chi connectivity index (χ3v) is 7.14. The van der Waals surface area contributed by atoms with E-state index in [4.69, 9.17) is 4.74 Å². The van der Waals surface area contributed by atoms with Crippen LogP contribution in [-0.4, -0.2) is 81.6 Å². The summed E-state index contributed by atoms with van der Waals surface area (Å²) in [6.45, 7) is 6.38. The maximum absolute atomic E-state index is 12.9. The molecule has 2 saturated heterocycles. The maximum atomic E-state index is 12.9. The number of halogens is 3. The van der Waals surface area contributed by atoms with Gasteiger partial charge in [0, 0.05) is 0 Å². The van der Waals surface area contributed by atoms with Gasteiger partial charge in [-0.15, -0.1) is 11.8 Å². The number of rotatable bonds is 8.